The summed E-state index contributed by atoms with van der Waals surface area (Å²) >= 11 is 0. The summed E-state index contributed by atoms with van der Waals surface area (Å²) in [5, 5.41) is 15.2. The molecule has 0 radical (unpaired) electrons. The van der Waals surface area contributed by atoms with Crippen LogP contribution in [0.1, 0.15) is 69.9 Å². The highest BCUT2D eigenvalue weighted by molar-refractivity contribution is 5.79. The summed E-state index contributed by atoms with van der Waals surface area (Å²) in [6, 6.07) is 0. The smallest absolute Gasteiger partial charge is 0.191 e. The maximum absolute atomic E-state index is 4.68. The molecule has 1 saturated carbocycles. The van der Waals surface area contributed by atoms with Crippen molar-refractivity contribution in [1.29, 1.82) is 0 Å². The zero-order valence-corrected chi connectivity index (χ0v) is 15.6. The standard InChI is InChI=1S/C18H34N6/c1-4-5-12-19-18(20-13-8-11-16-9-6-7-10-16)21-14-17-23-22-15(2)24(17)3/h16H,4-14H2,1-3H3,(H2,19,20,21). The van der Waals surface area contributed by atoms with Crippen LogP contribution in [0.4, 0.5) is 0 Å². The summed E-state index contributed by atoms with van der Waals surface area (Å²) in [6.07, 6.45) is 10.6. The monoisotopic (exact) mass is 334 g/mol. The van der Waals surface area contributed by atoms with E-state index in [2.05, 4.69) is 32.7 Å². The fraction of sp³-hybridized carbons (Fsp3) is 0.833. The van der Waals surface area contributed by atoms with Gasteiger partial charge in [0.25, 0.3) is 0 Å². The second-order valence-electron chi connectivity index (χ2n) is 6.89. The summed E-state index contributed by atoms with van der Waals surface area (Å²) in [5.74, 6) is 3.68. The number of hydrogen-bond acceptors (Lipinski definition) is 3. The Labute approximate surface area is 146 Å². The van der Waals surface area contributed by atoms with Gasteiger partial charge in [0, 0.05) is 20.1 Å². The molecular formula is C18H34N6. The fourth-order valence-corrected chi connectivity index (χ4v) is 3.19. The molecule has 136 valence electrons. The van der Waals surface area contributed by atoms with Crippen molar-refractivity contribution < 1.29 is 0 Å². The van der Waals surface area contributed by atoms with E-state index in [1.165, 1.54) is 44.9 Å². The molecule has 0 amide bonds. The van der Waals surface area contributed by atoms with E-state index in [4.69, 9.17) is 0 Å². The fourth-order valence-electron chi connectivity index (χ4n) is 3.19. The summed E-state index contributed by atoms with van der Waals surface area (Å²) in [5.41, 5.74) is 0. The van der Waals surface area contributed by atoms with Crippen molar-refractivity contribution in [3.8, 4) is 0 Å². The van der Waals surface area contributed by atoms with Crippen molar-refractivity contribution in [2.24, 2.45) is 18.0 Å². The first-order valence-corrected chi connectivity index (χ1v) is 9.57. The van der Waals surface area contributed by atoms with E-state index < -0.39 is 0 Å². The zero-order valence-electron chi connectivity index (χ0n) is 15.6. The first-order valence-electron chi connectivity index (χ1n) is 9.57. The number of nitrogens with one attached hydrogen (secondary N) is 2. The van der Waals surface area contributed by atoms with E-state index in [1.807, 2.05) is 18.5 Å². The molecule has 1 aliphatic rings. The zero-order chi connectivity index (χ0) is 17.2. The molecule has 2 rings (SSSR count). The van der Waals surface area contributed by atoms with Gasteiger partial charge in [-0.2, -0.15) is 0 Å². The van der Waals surface area contributed by atoms with Crippen LogP contribution in [-0.2, 0) is 13.6 Å². The molecule has 0 aromatic carbocycles. The second-order valence-corrected chi connectivity index (χ2v) is 6.89. The van der Waals surface area contributed by atoms with Crippen molar-refractivity contribution >= 4 is 5.96 Å². The Kier molecular flexibility index (Phi) is 8.05. The van der Waals surface area contributed by atoms with Gasteiger partial charge in [-0.05, 0) is 32.1 Å². The lowest BCUT2D eigenvalue weighted by atomic mass is 10.0. The van der Waals surface area contributed by atoms with Crippen molar-refractivity contribution in [2.45, 2.75) is 71.8 Å². The molecule has 0 aliphatic heterocycles. The van der Waals surface area contributed by atoms with E-state index in [9.17, 15) is 0 Å². The molecule has 0 spiro atoms. The Morgan fingerprint density at radius 3 is 2.50 bits per heavy atom. The van der Waals surface area contributed by atoms with Gasteiger partial charge in [0.05, 0.1) is 0 Å². The molecule has 0 atom stereocenters. The number of hydrogen-bond donors (Lipinski definition) is 2. The topological polar surface area (TPSA) is 67.1 Å². The summed E-state index contributed by atoms with van der Waals surface area (Å²) < 4.78 is 1.99. The summed E-state index contributed by atoms with van der Waals surface area (Å²) in [7, 11) is 1.99. The van der Waals surface area contributed by atoms with Crippen molar-refractivity contribution in [3.05, 3.63) is 11.6 Å². The maximum Gasteiger partial charge on any atom is 0.191 e. The number of aromatic nitrogens is 3. The van der Waals surface area contributed by atoms with E-state index >= 15 is 0 Å². The largest absolute Gasteiger partial charge is 0.356 e. The Morgan fingerprint density at radius 2 is 1.88 bits per heavy atom. The number of aliphatic imine (C=N–C) groups is 1. The first kappa shape index (κ1) is 18.7. The molecule has 1 aromatic rings. The van der Waals surface area contributed by atoms with Gasteiger partial charge in [-0.15, -0.1) is 10.2 Å². The van der Waals surface area contributed by atoms with Crippen LogP contribution < -0.4 is 10.6 Å². The highest BCUT2D eigenvalue weighted by Crippen LogP contribution is 2.28. The Hall–Kier alpha value is -1.59. The van der Waals surface area contributed by atoms with Crippen LogP contribution in [0.15, 0.2) is 4.99 Å². The Morgan fingerprint density at radius 1 is 1.17 bits per heavy atom. The van der Waals surface area contributed by atoms with Crippen LogP contribution >= 0.6 is 0 Å². The van der Waals surface area contributed by atoms with Crippen LogP contribution in [-0.4, -0.2) is 33.8 Å². The summed E-state index contributed by atoms with van der Waals surface area (Å²) in [6.45, 7) is 6.67. The quantitative estimate of drug-likeness (QED) is 0.414. The molecule has 0 bridgehead atoms. The molecule has 6 heteroatoms. The minimum atomic E-state index is 0.557. The molecule has 0 unspecified atom stereocenters. The molecule has 1 heterocycles. The molecule has 0 saturated heterocycles. The van der Waals surface area contributed by atoms with Crippen LogP contribution in [0.5, 0.6) is 0 Å². The van der Waals surface area contributed by atoms with Crippen molar-refractivity contribution in [1.82, 2.24) is 25.4 Å². The third-order valence-electron chi connectivity index (χ3n) is 4.94. The van der Waals surface area contributed by atoms with Crippen LogP contribution in [0.3, 0.4) is 0 Å². The van der Waals surface area contributed by atoms with Crippen molar-refractivity contribution in [3.63, 3.8) is 0 Å². The van der Waals surface area contributed by atoms with E-state index in [0.717, 1.165) is 43.0 Å². The Bertz CT molecular complexity index is 502. The predicted octanol–water partition coefficient (Wildman–Crippen LogP) is 2.93. The molecule has 1 fully saturated rings. The van der Waals surface area contributed by atoms with Gasteiger partial charge in [-0.1, -0.05) is 39.0 Å². The van der Waals surface area contributed by atoms with Crippen LogP contribution in [0, 0.1) is 12.8 Å². The first-order chi connectivity index (χ1) is 11.7. The number of nitrogens with zero attached hydrogens (tertiary/aromatic N) is 4. The van der Waals surface area contributed by atoms with Crippen LogP contribution in [0.25, 0.3) is 0 Å². The average molecular weight is 335 g/mol. The average Bonchev–Trinajstić information content (AvgIpc) is 3.20. The molecular weight excluding hydrogens is 300 g/mol. The second kappa shape index (κ2) is 10.3. The third-order valence-corrected chi connectivity index (χ3v) is 4.94. The lowest BCUT2D eigenvalue weighted by Gasteiger charge is -2.13. The van der Waals surface area contributed by atoms with Gasteiger partial charge in [0.1, 0.15) is 12.4 Å². The van der Waals surface area contributed by atoms with E-state index in [-0.39, 0.29) is 0 Å². The lowest BCUT2D eigenvalue weighted by molar-refractivity contribution is 0.481. The minimum absolute atomic E-state index is 0.557. The van der Waals surface area contributed by atoms with Crippen LogP contribution in [0.2, 0.25) is 0 Å². The number of unbranched alkanes of at least 4 members (excludes halogenated alkanes) is 1. The van der Waals surface area contributed by atoms with Gasteiger partial charge in [0.2, 0.25) is 0 Å². The molecule has 2 N–H and O–H groups in total. The van der Waals surface area contributed by atoms with E-state index in [0.29, 0.717) is 6.54 Å². The summed E-state index contributed by atoms with van der Waals surface area (Å²) in [4.78, 5) is 4.68. The highest BCUT2D eigenvalue weighted by Gasteiger charge is 2.14. The molecule has 6 nitrogen and oxygen atoms in total. The third kappa shape index (κ3) is 6.13. The predicted molar refractivity (Wildman–Crippen MR) is 99.0 cm³/mol. The molecule has 1 aromatic heterocycles. The molecule has 1 aliphatic carbocycles. The number of rotatable bonds is 9. The number of aryl methyl sites for hydroxylation is 1. The van der Waals surface area contributed by atoms with Gasteiger partial charge >= 0.3 is 0 Å². The van der Waals surface area contributed by atoms with Crippen molar-refractivity contribution in [2.75, 3.05) is 13.1 Å². The van der Waals surface area contributed by atoms with Gasteiger partial charge in [-0.3, -0.25) is 0 Å². The Balaban J connectivity index is 1.78. The van der Waals surface area contributed by atoms with Gasteiger partial charge in [0.15, 0.2) is 11.8 Å². The van der Waals surface area contributed by atoms with Gasteiger partial charge in [-0.25, -0.2) is 4.99 Å². The number of guanidine groups is 1. The SMILES string of the molecule is CCCCNC(=NCc1nnc(C)n1C)NCCCC1CCCC1. The highest BCUT2D eigenvalue weighted by atomic mass is 15.3. The normalized spacial score (nSPS) is 15.9. The minimum Gasteiger partial charge on any atom is -0.356 e. The lowest BCUT2D eigenvalue weighted by Crippen LogP contribution is -2.38. The maximum atomic E-state index is 4.68. The molecule has 24 heavy (non-hydrogen) atoms. The van der Waals surface area contributed by atoms with Gasteiger partial charge < -0.3 is 15.2 Å². The van der Waals surface area contributed by atoms with E-state index in [1.54, 1.807) is 0 Å².